The van der Waals surface area contributed by atoms with Crippen molar-refractivity contribution in [2.45, 2.75) is 44.2 Å². The quantitative estimate of drug-likeness (QED) is 0.747. The fourth-order valence-corrected chi connectivity index (χ4v) is 5.31. The molecule has 8 nitrogen and oxygen atoms in total. The number of primary amides is 1. The number of hydrogen-bond donors (Lipinski definition) is 2. The number of nitrogens with two attached hydrogens (primary N) is 1. The Balaban J connectivity index is 0.00000218. The van der Waals surface area contributed by atoms with Crippen molar-refractivity contribution in [3.05, 3.63) is 23.6 Å². The third-order valence-corrected chi connectivity index (χ3v) is 7.09. The van der Waals surface area contributed by atoms with Gasteiger partial charge in [0.1, 0.15) is 17.6 Å². The van der Waals surface area contributed by atoms with Crippen molar-refractivity contribution >= 4 is 46.6 Å². The highest BCUT2D eigenvalue weighted by Crippen LogP contribution is 2.37. The van der Waals surface area contributed by atoms with Gasteiger partial charge in [-0.1, -0.05) is 6.07 Å². The first kappa shape index (κ1) is 20.9. The van der Waals surface area contributed by atoms with Crippen LogP contribution in [0, 0.1) is 5.92 Å². The molecular weight excluding hydrogens is 424 g/mol. The fourth-order valence-electron chi connectivity index (χ4n) is 4.61. The summed E-state index contributed by atoms with van der Waals surface area (Å²) < 4.78 is 0. The van der Waals surface area contributed by atoms with Gasteiger partial charge in [-0.2, -0.15) is 0 Å². The van der Waals surface area contributed by atoms with Gasteiger partial charge >= 0.3 is 6.03 Å². The number of carbonyl (C=O) groups is 2. The van der Waals surface area contributed by atoms with Gasteiger partial charge in [0, 0.05) is 24.5 Å². The number of anilines is 2. The van der Waals surface area contributed by atoms with E-state index in [1.807, 2.05) is 17.5 Å². The van der Waals surface area contributed by atoms with E-state index >= 15 is 0 Å². The van der Waals surface area contributed by atoms with Gasteiger partial charge in [-0.25, -0.2) is 14.8 Å². The van der Waals surface area contributed by atoms with E-state index in [0.717, 1.165) is 29.7 Å². The smallest absolute Gasteiger partial charge is 0.324 e. The number of fused-ring (bicyclic) bond motifs is 3. The molecule has 2 bridgehead atoms. The van der Waals surface area contributed by atoms with Crippen molar-refractivity contribution in [2.24, 2.45) is 11.7 Å². The standard InChI is InChI=1S/C20H24N6O2S.ClH/c21-18(27)16-8-9-25(16)20(28)24-19-23-15(11-29-19)14-2-1-3-17(22-14)26-10-12-4-6-13(26)7-5-12;/h1-3,11-13,16H,4-10H2,(H2,21,27)(H,23,24,28);1H. The maximum Gasteiger partial charge on any atom is 0.324 e. The number of piperidine rings is 2. The number of urea groups is 1. The molecule has 1 saturated carbocycles. The number of pyridine rings is 1. The van der Waals surface area contributed by atoms with Crippen LogP contribution in [0.15, 0.2) is 23.6 Å². The molecule has 3 amide bonds. The van der Waals surface area contributed by atoms with E-state index < -0.39 is 11.9 Å². The zero-order chi connectivity index (χ0) is 20.0. The lowest BCUT2D eigenvalue weighted by atomic mass is 9.80. The van der Waals surface area contributed by atoms with E-state index in [0.29, 0.717) is 24.1 Å². The number of likely N-dealkylation sites (tertiary alicyclic amines) is 1. The van der Waals surface area contributed by atoms with Gasteiger partial charge in [0.25, 0.3) is 0 Å². The van der Waals surface area contributed by atoms with E-state index in [1.54, 1.807) is 0 Å². The molecule has 2 aromatic rings. The minimum atomic E-state index is -0.521. The van der Waals surface area contributed by atoms with Crippen LogP contribution in [-0.2, 0) is 4.79 Å². The molecular formula is C20H25ClN6O2S. The summed E-state index contributed by atoms with van der Waals surface area (Å²) in [7, 11) is 0. The van der Waals surface area contributed by atoms with Gasteiger partial charge in [-0.15, -0.1) is 23.7 Å². The second kappa shape index (κ2) is 8.39. The molecule has 30 heavy (non-hydrogen) atoms. The third-order valence-electron chi connectivity index (χ3n) is 6.33. The first-order valence-electron chi connectivity index (χ1n) is 10.1. The highest BCUT2D eigenvalue weighted by atomic mass is 35.5. The van der Waals surface area contributed by atoms with Gasteiger partial charge in [0.15, 0.2) is 5.13 Å². The molecule has 160 valence electrons. The predicted molar refractivity (Wildman–Crippen MR) is 119 cm³/mol. The lowest BCUT2D eigenvalue weighted by Gasteiger charge is -2.46. The van der Waals surface area contributed by atoms with Crippen LogP contribution in [0.1, 0.15) is 32.1 Å². The fraction of sp³-hybridized carbons (Fsp3) is 0.500. The van der Waals surface area contributed by atoms with Crippen LogP contribution in [0.4, 0.5) is 15.7 Å². The summed E-state index contributed by atoms with van der Waals surface area (Å²) in [6.45, 7) is 1.62. The van der Waals surface area contributed by atoms with Crippen LogP contribution in [0.25, 0.3) is 11.4 Å². The zero-order valence-corrected chi connectivity index (χ0v) is 18.1. The van der Waals surface area contributed by atoms with E-state index in [1.165, 1.54) is 41.9 Å². The molecule has 0 spiro atoms. The number of thiazole rings is 1. The van der Waals surface area contributed by atoms with Crippen molar-refractivity contribution in [3.8, 4) is 11.4 Å². The highest BCUT2D eigenvalue weighted by molar-refractivity contribution is 7.14. The lowest BCUT2D eigenvalue weighted by molar-refractivity contribution is -0.125. The Kier molecular flexibility index (Phi) is 5.84. The second-order valence-electron chi connectivity index (χ2n) is 8.08. The maximum absolute atomic E-state index is 12.3. The molecule has 2 aromatic heterocycles. The number of hydrogen-bond acceptors (Lipinski definition) is 6. The van der Waals surface area contributed by atoms with Crippen LogP contribution >= 0.6 is 23.7 Å². The molecule has 10 heteroatoms. The highest BCUT2D eigenvalue weighted by Gasteiger charge is 2.37. The number of nitrogens with one attached hydrogen (secondary N) is 1. The Morgan fingerprint density at radius 1 is 1.10 bits per heavy atom. The van der Waals surface area contributed by atoms with E-state index in [-0.39, 0.29) is 18.4 Å². The van der Waals surface area contributed by atoms with Gasteiger partial charge in [0.2, 0.25) is 5.91 Å². The number of nitrogens with zero attached hydrogens (tertiary/aromatic N) is 4. The zero-order valence-electron chi connectivity index (χ0n) is 16.5. The molecule has 6 rings (SSSR count). The first-order chi connectivity index (χ1) is 14.1. The topological polar surface area (TPSA) is 104 Å². The Bertz CT molecular complexity index is 945. The van der Waals surface area contributed by atoms with Crippen molar-refractivity contribution in [3.63, 3.8) is 0 Å². The van der Waals surface area contributed by atoms with Crippen LogP contribution < -0.4 is 16.0 Å². The van der Waals surface area contributed by atoms with Gasteiger partial charge < -0.3 is 15.5 Å². The summed E-state index contributed by atoms with van der Waals surface area (Å²) in [6, 6.07) is 5.79. The van der Waals surface area contributed by atoms with Crippen molar-refractivity contribution in [2.75, 3.05) is 23.3 Å². The largest absolute Gasteiger partial charge is 0.368 e. The summed E-state index contributed by atoms with van der Waals surface area (Å²) in [4.78, 5) is 36.9. The van der Waals surface area contributed by atoms with E-state index in [2.05, 4.69) is 21.3 Å². The summed E-state index contributed by atoms with van der Waals surface area (Å²) in [6.07, 6.45) is 5.80. The molecule has 4 aliphatic rings. The minimum absolute atomic E-state index is 0. The average Bonchev–Trinajstić information content (AvgIpc) is 3.16. The Morgan fingerprint density at radius 2 is 1.90 bits per heavy atom. The molecule has 1 aliphatic carbocycles. The molecule has 3 saturated heterocycles. The first-order valence-corrected chi connectivity index (χ1v) is 11.0. The normalized spacial score (nSPS) is 24.7. The maximum atomic E-state index is 12.3. The number of carbonyl (C=O) groups excluding carboxylic acids is 2. The third kappa shape index (κ3) is 3.83. The van der Waals surface area contributed by atoms with E-state index in [4.69, 9.17) is 10.7 Å². The SMILES string of the molecule is Cl.NC(=O)C1CCN1C(=O)Nc1nc(-c2cccc(N3CC4CCC3CC4)n2)cs1. The summed E-state index contributed by atoms with van der Waals surface area (Å²) in [5, 5.41) is 5.15. The number of amides is 3. The molecule has 5 heterocycles. The molecule has 4 fully saturated rings. The Labute approximate surface area is 185 Å². The number of rotatable bonds is 4. The summed E-state index contributed by atoms with van der Waals surface area (Å²) in [5.41, 5.74) is 6.86. The van der Waals surface area contributed by atoms with Crippen LogP contribution in [0.2, 0.25) is 0 Å². The number of halogens is 1. The molecule has 3 aliphatic heterocycles. The van der Waals surface area contributed by atoms with Crippen molar-refractivity contribution < 1.29 is 9.59 Å². The van der Waals surface area contributed by atoms with Gasteiger partial charge in [0.05, 0.1) is 5.69 Å². The van der Waals surface area contributed by atoms with Crippen LogP contribution in [0.3, 0.4) is 0 Å². The lowest BCUT2D eigenvalue weighted by Crippen LogP contribution is -2.58. The van der Waals surface area contributed by atoms with Crippen molar-refractivity contribution in [1.29, 1.82) is 0 Å². The van der Waals surface area contributed by atoms with Gasteiger partial charge in [-0.05, 0) is 50.2 Å². The summed E-state index contributed by atoms with van der Waals surface area (Å²) in [5.74, 6) is 1.33. The molecule has 0 radical (unpaired) electrons. The van der Waals surface area contributed by atoms with Crippen LogP contribution in [0.5, 0.6) is 0 Å². The Hall–Kier alpha value is -2.39. The molecule has 0 aromatic carbocycles. The van der Waals surface area contributed by atoms with E-state index in [9.17, 15) is 9.59 Å². The predicted octanol–water partition coefficient (Wildman–Crippen LogP) is 3.10. The molecule has 1 atom stereocenters. The summed E-state index contributed by atoms with van der Waals surface area (Å²) >= 11 is 1.35. The van der Waals surface area contributed by atoms with Crippen molar-refractivity contribution in [1.82, 2.24) is 14.9 Å². The van der Waals surface area contributed by atoms with Crippen LogP contribution in [-0.4, -0.2) is 52.0 Å². The monoisotopic (exact) mass is 448 g/mol. The second-order valence-corrected chi connectivity index (χ2v) is 8.93. The Morgan fingerprint density at radius 3 is 2.53 bits per heavy atom. The van der Waals surface area contributed by atoms with Gasteiger partial charge in [-0.3, -0.25) is 10.1 Å². The average molecular weight is 449 g/mol. The molecule has 3 N–H and O–H groups in total. The minimum Gasteiger partial charge on any atom is -0.368 e. The number of aromatic nitrogens is 2. The molecule has 1 unspecified atom stereocenters.